The largest absolute Gasteiger partial charge is 0.497 e. The van der Waals surface area contributed by atoms with E-state index in [1.807, 2.05) is 12.1 Å². The van der Waals surface area contributed by atoms with Crippen LogP contribution < -0.4 is 10.1 Å². The molecule has 1 aromatic rings. The highest BCUT2D eigenvalue weighted by Gasteiger charge is 2.28. The topological polar surface area (TPSA) is 41.5 Å². The molecule has 2 N–H and O–H groups in total. The fourth-order valence-corrected chi connectivity index (χ4v) is 2.94. The zero-order valence-corrected chi connectivity index (χ0v) is 12.7. The summed E-state index contributed by atoms with van der Waals surface area (Å²) in [6, 6.07) is 8.32. The first-order valence-corrected chi connectivity index (χ1v) is 7.73. The Hall–Kier alpha value is -1.06. The molecule has 0 saturated heterocycles. The van der Waals surface area contributed by atoms with Crippen LogP contribution in [-0.2, 0) is 0 Å². The van der Waals surface area contributed by atoms with Crippen molar-refractivity contribution in [1.82, 2.24) is 5.32 Å². The van der Waals surface area contributed by atoms with Crippen LogP contribution in [0.5, 0.6) is 5.75 Å². The molecule has 1 fully saturated rings. The molecule has 1 saturated carbocycles. The Morgan fingerprint density at radius 3 is 2.60 bits per heavy atom. The summed E-state index contributed by atoms with van der Waals surface area (Å²) in [4.78, 5) is 0. The molecule has 1 atom stereocenters. The van der Waals surface area contributed by atoms with Gasteiger partial charge in [-0.05, 0) is 37.5 Å². The normalized spacial score (nSPS) is 20.1. The first kappa shape index (κ1) is 15.3. The average Bonchev–Trinajstić information content (AvgIpc) is 2.70. The maximum atomic E-state index is 10.7. The molecule has 0 radical (unpaired) electrons. The van der Waals surface area contributed by atoms with Crippen LogP contribution in [0.4, 0.5) is 0 Å². The number of nitrogens with one attached hydrogen (secondary N) is 1. The molecule has 1 aliphatic carbocycles. The van der Waals surface area contributed by atoms with Crippen molar-refractivity contribution < 1.29 is 9.84 Å². The Balaban J connectivity index is 1.91. The van der Waals surface area contributed by atoms with Crippen LogP contribution >= 0.6 is 0 Å². The summed E-state index contributed by atoms with van der Waals surface area (Å²) in [6.45, 7) is 2.81. The minimum absolute atomic E-state index is 0.220. The van der Waals surface area contributed by atoms with E-state index in [1.54, 1.807) is 7.11 Å². The molecular formula is C17H27NO2. The first-order valence-electron chi connectivity index (χ1n) is 7.73. The lowest BCUT2D eigenvalue weighted by Gasteiger charge is -2.29. The number of ether oxygens (including phenoxy) is 1. The molecule has 20 heavy (non-hydrogen) atoms. The predicted molar refractivity (Wildman–Crippen MR) is 82.1 cm³/mol. The van der Waals surface area contributed by atoms with Gasteiger partial charge in [-0.1, -0.05) is 37.8 Å². The van der Waals surface area contributed by atoms with Gasteiger partial charge in [0.2, 0.25) is 0 Å². The maximum Gasteiger partial charge on any atom is 0.119 e. The van der Waals surface area contributed by atoms with E-state index in [0.717, 1.165) is 31.4 Å². The summed E-state index contributed by atoms with van der Waals surface area (Å²) in [5, 5.41) is 14.1. The lowest BCUT2D eigenvalue weighted by molar-refractivity contribution is 0.0231. The van der Waals surface area contributed by atoms with Gasteiger partial charge >= 0.3 is 0 Å². The number of benzene rings is 1. The Kier molecular flexibility index (Phi) is 5.44. The van der Waals surface area contributed by atoms with E-state index in [1.165, 1.54) is 18.4 Å². The smallest absolute Gasteiger partial charge is 0.119 e. The van der Waals surface area contributed by atoms with E-state index < -0.39 is 5.60 Å². The van der Waals surface area contributed by atoms with Gasteiger partial charge in [0.1, 0.15) is 5.75 Å². The van der Waals surface area contributed by atoms with Crippen LogP contribution in [-0.4, -0.2) is 24.4 Å². The van der Waals surface area contributed by atoms with Crippen molar-refractivity contribution in [1.29, 1.82) is 0 Å². The Morgan fingerprint density at radius 2 is 1.95 bits per heavy atom. The van der Waals surface area contributed by atoms with E-state index in [0.29, 0.717) is 6.54 Å². The zero-order chi connectivity index (χ0) is 14.4. The molecule has 0 aromatic heterocycles. The van der Waals surface area contributed by atoms with E-state index in [2.05, 4.69) is 24.4 Å². The minimum atomic E-state index is -0.524. The monoisotopic (exact) mass is 277 g/mol. The molecule has 1 aliphatic rings. The van der Waals surface area contributed by atoms with Gasteiger partial charge in [0.05, 0.1) is 12.7 Å². The fourth-order valence-electron chi connectivity index (χ4n) is 2.94. The Morgan fingerprint density at radius 1 is 1.25 bits per heavy atom. The molecule has 0 bridgehead atoms. The zero-order valence-electron chi connectivity index (χ0n) is 12.7. The summed E-state index contributed by atoms with van der Waals surface area (Å²) in [6.07, 6.45) is 6.65. The summed E-state index contributed by atoms with van der Waals surface area (Å²) < 4.78 is 5.26. The number of hydrogen-bond donors (Lipinski definition) is 2. The maximum absolute atomic E-state index is 10.7. The van der Waals surface area contributed by atoms with Gasteiger partial charge in [-0.25, -0.2) is 0 Å². The molecule has 3 heteroatoms. The fraction of sp³-hybridized carbons (Fsp3) is 0.647. The van der Waals surface area contributed by atoms with Crippen molar-refractivity contribution in [2.45, 2.75) is 57.1 Å². The van der Waals surface area contributed by atoms with Gasteiger partial charge in [-0.15, -0.1) is 0 Å². The van der Waals surface area contributed by atoms with Crippen LogP contribution in [0.2, 0.25) is 0 Å². The first-order chi connectivity index (χ1) is 9.63. The summed E-state index contributed by atoms with van der Waals surface area (Å²) >= 11 is 0. The summed E-state index contributed by atoms with van der Waals surface area (Å²) in [5.41, 5.74) is 0.672. The van der Waals surface area contributed by atoms with Crippen molar-refractivity contribution in [3.8, 4) is 5.75 Å². The predicted octanol–water partition coefficient (Wildman–Crippen LogP) is 3.43. The molecule has 0 spiro atoms. The Labute approximate surface area is 122 Å². The number of aliphatic hydroxyl groups is 1. The van der Waals surface area contributed by atoms with Gasteiger partial charge in [0.25, 0.3) is 0 Å². The van der Waals surface area contributed by atoms with Crippen LogP contribution in [0.1, 0.15) is 57.1 Å². The highest BCUT2D eigenvalue weighted by molar-refractivity contribution is 5.30. The lowest BCUT2D eigenvalue weighted by Crippen LogP contribution is -2.41. The number of hydrogen-bond acceptors (Lipinski definition) is 3. The van der Waals surface area contributed by atoms with Crippen LogP contribution in [0.3, 0.4) is 0 Å². The summed E-state index contributed by atoms with van der Waals surface area (Å²) in [7, 11) is 1.69. The standard InChI is InChI=1S/C17H27NO2/c1-14(15-8-7-9-16(12-15)20-2)18-13-17(19)10-5-3-4-6-11-17/h7-9,12,14,18-19H,3-6,10-11,13H2,1-2H3/t14-/m1/s1. The van der Waals surface area contributed by atoms with Gasteiger partial charge in [-0.3, -0.25) is 0 Å². The Bertz CT molecular complexity index is 411. The van der Waals surface area contributed by atoms with Crippen molar-refractivity contribution in [2.24, 2.45) is 0 Å². The third-order valence-electron chi connectivity index (χ3n) is 4.37. The van der Waals surface area contributed by atoms with E-state index in [9.17, 15) is 5.11 Å². The SMILES string of the molecule is COc1cccc([C@@H](C)NCC2(O)CCCCCC2)c1. The molecular weight excluding hydrogens is 250 g/mol. The molecule has 2 rings (SSSR count). The highest BCUT2D eigenvalue weighted by Crippen LogP contribution is 2.27. The van der Waals surface area contributed by atoms with Crippen LogP contribution in [0.15, 0.2) is 24.3 Å². The molecule has 0 aliphatic heterocycles. The third-order valence-corrected chi connectivity index (χ3v) is 4.37. The molecule has 112 valence electrons. The summed E-state index contributed by atoms with van der Waals surface area (Å²) in [5.74, 6) is 0.879. The lowest BCUT2D eigenvalue weighted by atomic mass is 9.94. The van der Waals surface area contributed by atoms with Crippen molar-refractivity contribution in [3.63, 3.8) is 0 Å². The number of methoxy groups -OCH3 is 1. The average molecular weight is 277 g/mol. The second kappa shape index (κ2) is 7.09. The van der Waals surface area contributed by atoms with Gasteiger partial charge in [0, 0.05) is 12.6 Å². The van der Waals surface area contributed by atoms with E-state index >= 15 is 0 Å². The second-order valence-corrected chi connectivity index (χ2v) is 6.02. The van der Waals surface area contributed by atoms with E-state index in [4.69, 9.17) is 4.74 Å². The molecule has 0 amide bonds. The highest BCUT2D eigenvalue weighted by atomic mass is 16.5. The number of rotatable bonds is 5. The van der Waals surface area contributed by atoms with Crippen molar-refractivity contribution in [2.75, 3.05) is 13.7 Å². The van der Waals surface area contributed by atoms with Crippen molar-refractivity contribution >= 4 is 0 Å². The van der Waals surface area contributed by atoms with Crippen LogP contribution in [0.25, 0.3) is 0 Å². The molecule has 0 heterocycles. The molecule has 3 nitrogen and oxygen atoms in total. The minimum Gasteiger partial charge on any atom is -0.497 e. The third kappa shape index (κ3) is 4.22. The molecule has 0 unspecified atom stereocenters. The second-order valence-electron chi connectivity index (χ2n) is 6.02. The van der Waals surface area contributed by atoms with Crippen molar-refractivity contribution in [3.05, 3.63) is 29.8 Å². The van der Waals surface area contributed by atoms with Gasteiger partial charge in [0.15, 0.2) is 0 Å². The van der Waals surface area contributed by atoms with Gasteiger partial charge in [-0.2, -0.15) is 0 Å². The quantitative estimate of drug-likeness (QED) is 0.810. The van der Waals surface area contributed by atoms with Gasteiger partial charge < -0.3 is 15.2 Å². The molecule has 1 aromatic carbocycles. The van der Waals surface area contributed by atoms with Crippen LogP contribution in [0, 0.1) is 0 Å². The van der Waals surface area contributed by atoms with E-state index in [-0.39, 0.29) is 6.04 Å².